The lowest BCUT2D eigenvalue weighted by molar-refractivity contribution is -0.0702. The number of piperazine rings is 1. The van der Waals surface area contributed by atoms with E-state index in [0.717, 1.165) is 40.7 Å². The van der Waals surface area contributed by atoms with Crippen molar-refractivity contribution < 1.29 is 9.84 Å². The fourth-order valence-corrected chi connectivity index (χ4v) is 5.87. The van der Waals surface area contributed by atoms with Crippen molar-refractivity contribution in [1.82, 2.24) is 4.90 Å². The Kier molecular flexibility index (Phi) is 7.58. The normalized spacial score (nSPS) is 17.4. The van der Waals surface area contributed by atoms with Crippen LogP contribution in [0.15, 0.2) is 91.0 Å². The first-order valence-electron chi connectivity index (χ1n) is 12.9. The first-order chi connectivity index (χ1) is 18.5. The molecule has 1 N–H and O–H groups in total. The van der Waals surface area contributed by atoms with Crippen LogP contribution in [-0.2, 0) is 0 Å². The van der Waals surface area contributed by atoms with E-state index in [1.807, 2.05) is 78.6 Å². The van der Waals surface area contributed by atoms with Crippen LogP contribution in [0.4, 0.5) is 5.69 Å². The number of rotatable bonds is 7. The Balaban J connectivity index is 1.53. The molecule has 5 rings (SSSR count). The number of anilines is 1. The van der Waals surface area contributed by atoms with Crippen LogP contribution in [0.25, 0.3) is 10.8 Å². The monoisotopic (exact) mass is 525 g/mol. The Morgan fingerprint density at radius 2 is 1.50 bits per heavy atom. The minimum atomic E-state index is -1.17. The number of aliphatic hydroxyl groups is 1. The number of ether oxygens (including phenoxy) is 1. The van der Waals surface area contributed by atoms with Crippen LogP contribution in [0.2, 0.25) is 5.02 Å². The van der Waals surface area contributed by atoms with Crippen molar-refractivity contribution in [3.63, 3.8) is 0 Å². The standard InChI is InChI=1S/C32H32ClN3O2/c1-32(22-34,31(37)36-20-18-35(19-21-36)25-16-14-24(33)15-17-25)30(28-11-5-6-13-29(28)38-2)27-12-7-9-23-8-3-4-10-26(23)27/h3-17,30-31,37H,18-21H2,1-2H3/t30-,31?,32?/m0/s1. The molecule has 194 valence electrons. The average molecular weight is 526 g/mol. The molecule has 0 amide bonds. The molecule has 1 fully saturated rings. The Bertz CT molecular complexity index is 1440. The van der Waals surface area contributed by atoms with Gasteiger partial charge in [0.05, 0.1) is 13.2 Å². The quantitative estimate of drug-likeness (QED) is 0.306. The number of fused-ring (bicyclic) bond motifs is 1. The summed E-state index contributed by atoms with van der Waals surface area (Å²) in [6, 6.07) is 32.6. The van der Waals surface area contributed by atoms with Gasteiger partial charge in [-0.1, -0.05) is 72.3 Å². The molecule has 0 bridgehead atoms. The fraction of sp³-hybridized carbons (Fsp3) is 0.281. The topological polar surface area (TPSA) is 59.7 Å². The maximum Gasteiger partial charge on any atom is 0.127 e. The molecule has 0 radical (unpaired) electrons. The second-order valence-electron chi connectivity index (χ2n) is 10.0. The van der Waals surface area contributed by atoms with Crippen LogP contribution in [0.3, 0.4) is 0 Å². The van der Waals surface area contributed by atoms with E-state index in [1.54, 1.807) is 7.11 Å². The van der Waals surface area contributed by atoms with E-state index in [-0.39, 0.29) is 0 Å². The molecule has 0 spiro atoms. The summed E-state index contributed by atoms with van der Waals surface area (Å²) >= 11 is 6.07. The minimum absolute atomic E-state index is 0.431. The molecule has 4 aromatic rings. The number of nitriles is 1. The van der Waals surface area contributed by atoms with Crippen LogP contribution >= 0.6 is 11.6 Å². The molecule has 6 heteroatoms. The predicted molar refractivity (Wildman–Crippen MR) is 154 cm³/mol. The van der Waals surface area contributed by atoms with Crippen molar-refractivity contribution in [2.75, 3.05) is 38.2 Å². The number of aliphatic hydroxyl groups excluding tert-OH is 1. The van der Waals surface area contributed by atoms with Crippen LogP contribution in [0, 0.1) is 16.7 Å². The van der Waals surface area contributed by atoms with Gasteiger partial charge in [-0.05, 0) is 53.6 Å². The van der Waals surface area contributed by atoms with Gasteiger partial charge < -0.3 is 14.7 Å². The van der Waals surface area contributed by atoms with Gasteiger partial charge in [0.1, 0.15) is 17.4 Å². The molecule has 5 nitrogen and oxygen atoms in total. The third-order valence-corrected chi connectivity index (χ3v) is 8.07. The SMILES string of the molecule is COc1ccccc1[C@H](c1cccc2ccccc12)C(C)(C#N)C(O)N1CCN(c2ccc(Cl)cc2)CC1. The summed E-state index contributed by atoms with van der Waals surface area (Å²) in [5.41, 5.74) is 1.82. The van der Waals surface area contributed by atoms with Crippen molar-refractivity contribution in [2.45, 2.75) is 19.1 Å². The Hall–Kier alpha value is -3.56. The highest BCUT2D eigenvalue weighted by molar-refractivity contribution is 6.30. The van der Waals surface area contributed by atoms with E-state index >= 15 is 0 Å². The molecule has 1 aliphatic heterocycles. The van der Waals surface area contributed by atoms with Gasteiger partial charge in [-0.2, -0.15) is 5.26 Å². The van der Waals surface area contributed by atoms with E-state index in [9.17, 15) is 10.4 Å². The summed E-state index contributed by atoms with van der Waals surface area (Å²) in [5.74, 6) is 0.269. The lowest BCUT2D eigenvalue weighted by Gasteiger charge is -2.45. The average Bonchev–Trinajstić information content (AvgIpc) is 2.97. The number of methoxy groups -OCH3 is 1. The van der Waals surface area contributed by atoms with Crippen molar-refractivity contribution in [2.24, 2.45) is 5.41 Å². The van der Waals surface area contributed by atoms with Crippen LogP contribution in [0.1, 0.15) is 24.0 Å². The molecule has 4 aromatic carbocycles. The lowest BCUT2D eigenvalue weighted by atomic mass is 9.68. The van der Waals surface area contributed by atoms with Gasteiger partial charge in [-0.25, -0.2) is 0 Å². The Morgan fingerprint density at radius 3 is 2.21 bits per heavy atom. The minimum Gasteiger partial charge on any atom is -0.496 e. The zero-order chi connectivity index (χ0) is 26.7. The Morgan fingerprint density at radius 1 is 0.868 bits per heavy atom. The molecule has 3 atom stereocenters. The molecular weight excluding hydrogens is 494 g/mol. The molecule has 2 unspecified atom stereocenters. The zero-order valence-electron chi connectivity index (χ0n) is 21.7. The molecule has 1 heterocycles. The van der Waals surface area contributed by atoms with Gasteiger partial charge in [0.15, 0.2) is 0 Å². The summed E-state index contributed by atoms with van der Waals surface area (Å²) in [4.78, 5) is 4.31. The highest BCUT2D eigenvalue weighted by atomic mass is 35.5. The van der Waals surface area contributed by atoms with Crippen LogP contribution < -0.4 is 9.64 Å². The first kappa shape index (κ1) is 26.1. The summed E-state index contributed by atoms with van der Waals surface area (Å²) in [6.07, 6.45) is -0.992. The van der Waals surface area contributed by atoms with E-state index in [2.05, 4.69) is 35.2 Å². The second kappa shape index (κ2) is 11.0. The second-order valence-corrected chi connectivity index (χ2v) is 10.4. The van der Waals surface area contributed by atoms with Gasteiger partial charge in [-0.3, -0.25) is 4.90 Å². The Labute approximate surface area is 229 Å². The van der Waals surface area contributed by atoms with E-state index in [1.165, 1.54) is 0 Å². The van der Waals surface area contributed by atoms with E-state index in [4.69, 9.17) is 16.3 Å². The first-order valence-corrected chi connectivity index (χ1v) is 13.3. The third-order valence-electron chi connectivity index (χ3n) is 7.81. The molecule has 1 aliphatic rings. The number of halogens is 1. The zero-order valence-corrected chi connectivity index (χ0v) is 22.5. The fourth-order valence-electron chi connectivity index (χ4n) is 5.75. The maximum absolute atomic E-state index is 11.9. The van der Waals surface area contributed by atoms with Crippen molar-refractivity contribution in [3.05, 3.63) is 107 Å². The summed E-state index contributed by atoms with van der Waals surface area (Å²) in [5, 5.41) is 25.6. The summed E-state index contributed by atoms with van der Waals surface area (Å²) in [6.45, 7) is 4.63. The molecule has 38 heavy (non-hydrogen) atoms. The molecular formula is C32H32ClN3O2. The van der Waals surface area contributed by atoms with Crippen molar-refractivity contribution >= 4 is 28.1 Å². The highest BCUT2D eigenvalue weighted by Gasteiger charge is 2.47. The number of nitrogens with zero attached hydrogens (tertiary/aromatic N) is 3. The predicted octanol–water partition coefficient (Wildman–Crippen LogP) is 6.30. The van der Waals surface area contributed by atoms with Gasteiger partial charge in [-0.15, -0.1) is 0 Å². The summed E-state index contributed by atoms with van der Waals surface area (Å²) in [7, 11) is 1.65. The lowest BCUT2D eigenvalue weighted by Crippen LogP contribution is -2.56. The molecule has 0 aliphatic carbocycles. The van der Waals surface area contributed by atoms with Gasteiger partial charge in [0.2, 0.25) is 0 Å². The number of para-hydroxylation sites is 1. The molecule has 0 aromatic heterocycles. The van der Waals surface area contributed by atoms with E-state index in [0.29, 0.717) is 23.9 Å². The smallest absolute Gasteiger partial charge is 0.127 e. The largest absolute Gasteiger partial charge is 0.496 e. The third kappa shape index (κ3) is 4.83. The summed E-state index contributed by atoms with van der Waals surface area (Å²) < 4.78 is 5.78. The molecule has 1 saturated heterocycles. The number of benzene rings is 4. The number of hydrogen-bond donors (Lipinski definition) is 1. The van der Waals surface area contributed by atoms with Gasteiger partial charge in [0.25, 0.3) is 0 Å². The van der Waals surface area contributed by atoms with Gasteiger partial charge >= 0.3 is 0 Å². The number of hydrogen-bond acceptors (Lipinski definition) is 5. The van der Waals surface area contributed by atoms with Crippen LogP contribution in [-0.4, -0.2) is 49.5 Å². The van der Waals surface area contributed by atoms with Crippen molar-refractivity contribution in [1.29, 1.82) is 5.26 Å². The van der Waals surface area contributed by atoms with E-state index < -0.39 is 17.6 Å². The highest BCUT2D eigenvalue weighted by Crippen LogP contribution is 2.48. The molecule has 0 saturated carbocycles. The van der Waals surface area contributed by atoms with Crippen molar-refractivity contribution in [3.8, 4) is 11.8 Å². The maximum atomic E-state index is 11.9. The van der Waals surface area contributed by atoms with Gasteiger partial charge in [0, 0.05) is 48.4 Å². The van der Waals surface area contributed by atoms with Crippen LogP contribution in [0.5, 0.6) is 5.75 Å².